The summed E-state index contributed by atoms with van der Waals surface area (Å²) in [5, 5.41) is 13.5. The van der Waals surface area contributed by atoms with E-state index >= 15 is 0 Å². The van der Waals surface area contributed by atoms with Crippen molar-refractivity contribution in [3.8, 4) is 5.69 Å². The van der Waals surface area contributed by atoms with Crippen molar-refractivity contribution in [1.29, 1.82) is 0 Å². The Bertz CT molecular complexity index is 669. The van der Waals surface area contributed by atoms with Crippen LogP contribution in [0.2, 0.25) is 0 Å². The zero-order valence-corrected chi connectivity index (χ0v) is 11.8. The Labute approximate surface area is 118 Å². The van der Waals surface area contributed by atoms with Gasteiger partial charge in [0.05, 0.1) is 5.69 Å². The van der Waals surface area contributed by atoms with Gasteiger partial charge in [0.15, 0.2) is 5.69 Å². The number of hydrogen-bond donors (Lipinski definition) is 1. The Morgan fingerprint density at radius 2 is 2.20 bits per heavy atom. The molecule has 0 radical (unpaired) electrons. The van der Waals surface area contributed by atoms with Crippen molar-refractivity contribution in [3.05, 3.63) is 46.8 Å². The third-order valence-corrected chi connectivity index (χ3v) is 3.87. The van der Waals surface area contributed by atoms with Crippen LogP contribution in [0.25, 0.3) is 5.69 Å². The quantitative estimate of drug-likeness (QED) is 0.927. The van der Waals surface area contributed by atoms with Crippen LogP contribution in [-0.2, 0) is 6.42 Å². The maximum absolute atomic E-state index is 11.2. The first-order chi connectivity index (χ1) is 9.61. The molecule has 0 spiro atoms. The summed E-state index contributed by atoms with van der Waals surface area (Å²) >= 11 is 0. The van der Waals surface area contributed by atoms with E-state index in [0.29, 0.717) is 5.92 Å². The lowest BCUT2D eigenvalue weighted by atomic mass is 10.1. The molecule has 1 fully saturated rings. The number of hydrogen-bond acceptors (Lipinski definition) is 2. The van der Waals surface area contributed by atoms with Crippen LogP contribution in [0.3, 0.4) is 0 Å². The van der Waals surface area contributed by atoms with Crippen LogP contribution in [0.5, 0.6) is 0 Å². The first-order valence-corrected chi connectivity index (χ1v) is 7.04. The molecule has 1 aliphatic rings. The summed E-state index contributed by atoms with van der Waals surface area (Å²) in [7, 11) is 0. The molecule has 0 saturated heterocycles. The molecule has 1 aliphatic carbocycles. The molecule has 20 heavy (non-hydrogen) atoms. The zero-order valence-electron chi connectivity index (χ0n) is 11.8. The average molecular weight is 270 g/mol. The van der Waals surface area contributed by atoms with Gasteiger partial charge in [-0.1, -0.05) is 25.1 Å². The van der Waals surface area contributed by atoms with Crippen LogP contribution < -0.4 is 0 Å². The van der Waals surface area contributed by atoms with Crippen molar-refractivity contribution in [3.63, 3.8) is 0 Å². The Balaban J connectivity index is 2.21. The van der Waals surface area contributed by atoms with Crippen molar-refractivity contribution < 1.29 is 9.90 Å². The predicted octanol–water partition coefficient (Wildman–Crippen LogP) is 3.32. The molecule has 0 amide bonds. The minimum Gasteiger partial charge on any atom is -0.476 e. The number of rotatable bonds is 4. The van der Waals surface area contributed by atoms with Gasteiger partial charge in [-0.2, -0.15) is 5.10 Å². The van der Waals surface area contributed by atoms with Crippen LogP contribution in [0.15, 0.2) is 24.3 Å². The third-order valence-electron chi connectivity index (χ3n) is 3.87. The molecule has 1 aromatic carbocycles. The van der Waals surface area contributed by atoms with Gasteiger partial charge in [0, 0.05) is 11.6 Å². The molecule has 2 aromatic rings. The molecule has 0 atom stereocenters. The van der Waals surface area contributed by atoms with Gasteiger partial charge in [-0.15, -0.1) is 0 Å². The fraction of sp³-hybridized carbons (Fsp3) is 0.375. The second-order valence-electron chi connectivity index (χ2n) is 5.38. The largest absolute Gasteiger partial charge is 0.476 e. The average Bonchev–Trinajstić information content (AvgIpc) is 3.17. The minimum absolute atomic E-state index is 0.136. The number of carboxylic acids is 1. The van der Waals surface area contributed by atoms with E-state index in [0.717, 1.165) is 36.2 Å². The number of benzene rings is 1. The SMILES string of the molecule is CCc1cccc(C)c1-n1nc(C(=O)O)cc1C1CC1. The number of aromatic nitrogens is 2. The van der Waals surface area contributed by atoms with Gasteiger partial charge in [-0.3, -0.25) is 0 Å². The van der Waals surface area contributed by atoms with Crippen LogP contribution in [0.1, 0.15) is 53.0 Å². The fourth-order valence-corrected chi connectivity index (χ4v) is 2.66. The second-order valence-corrected chi connectivity index (χ2v) is 5.38. The highest BCUT2D eigenvalue weighted by Crippen LogP contribution is 2.41. The molecule has 0 aliphatic heterocycles. The van der Waals surface area contributed by atoms with Gasteiger partial charge in [0.1, 0.15) is 0 Å². The van der Waals surface area contributed by atoms with Gasteiger partial charge in [0.2, 0.25) is 0 Å². The van der Waals surface area contributed by atoms with Crippen LogP contribution in [-0.4, -0.2) is 20.9 Å². The molecular formula is C16H18N2O2. The van der Waals surface area contributed by atoms with Gasteiger partial charge in [-0.25, -0.2) is 9.48 Å². The Kier molecular flexibility index (Phi) is 3.08. The zero-order chi connectivity index (χ0) is 14.3. The molecular weight excluding hydrogens is 252 g/mol. The van der Waals surface area contributed by atoms with E-state index in [1.165, 1.54) is 5.56 Å². The maximum atomic E-state index is 11.2. The van der Waals surface area contributed by atoms with Crippen molar-refractivity contribution in [2.75, 3.05) is 0 Å². The fourth-order valence-electron chi connectivity index (χ4n) is 2.66. The summed E-state index contributed by atoms with van der Waals surface area (Å²) in [6, 6.07) is 7.90. The molecule has 0 unspecified atom stereocenters. The summed E-state index contributed by atoms with van der Waals surface area (Å²) < 4.78 is 1.86. The Hall–Kier alpha value is -2.10. The lowest BCUT2D eigenvalue weighted by Gasteiger charge is -2.14. The van der Waals surface area contributed by atoms with Crippen molar-refractivity contribution in [2.24, 2.45) is 0 Å². The lowest BCUT2D eigenvalue weighted by Crippen LogP contribution is -2.08. The molecule has 0 bridgehead atoms. The molecule has 1 heterocycles. The van der Waals surface area contributed by atoms with Crippen molar-refractivity contribution in [2.45, 2.75) is 39.0 Å². The number of para-hydroxylation sites is 1. The number of nitrogens with zero attached hydrogens (tertiary/aromatic N) is 2. The number of carbonyl (C=O) groups is 1. The molecule has 1 N–H and O–H groups in total. The van der Waals surface area contributed by atoms with Crippen LogP contribution in [0, 0.1) is 6.92 Å². The first kappa shape index (κ1) is 12.9. The van der Waals surface area contributed by atoms with Crippen LogP contribution >= 0.6 is 0 Å². The molecule has 4 heteroatoms. The summed E-state index contributed by atoms with van der Waals surface area (Å²) in [6.07, 6.45) is 3.15. The van der Waals surface area contributed by atoms with Crippen molar-refractivity contribution in [1.82, 2.24) is 9.78 Å². The van der Waals surface area contributed by atoms with E-state index in [-0.39, 0.29) is 5.69 Å². The Morgan fingerprint density at radius 1 is 1.45 bits per heavy atom. The van der Waals surface area contributed by atoms with E-state index in [4.69, 9.17) is 0 Å². The number of carboxylic acid groups (broad SMARTS) is 1. The van der Waals surface area contributed by atoms with Gasteiger partial charge < -0.3 is 5.11 Å². The van der Waals surface area contributed by atoms with E-state index in [2.05, 4.69) is 18.1 Å². The van der Waals surface area contributed by atoms with E-state index in [1.54, 1.807) is 6.07 Å². The summed E-state index contributed by atoms with van der Waals surface area (Å²) in [4.78, 5) is 11.2. The molecule has 4 nitrogen and oxygen atoms in total. The van der Waals surface area contributed by atoms with E-state index < -0.39 is 5.97 Å². The summed E-state index contributed by atoms with van der Waals surface area (Å²) in [5.41, 5.74) is 4.55. The molecule has 104 valence electrons. The van der Waals surface area contributed by atoms with E-state index in [9.17, 15) is 9.90 Å². The van der Waals surface area contributed by atoms with E-state index in [1.807, 2.05) is 23.7 Å². The standard InChI is InChI=1S/C16H18N2O2/c1-3-11-6-4-5-10(2)15(11)18-14(12-7-8-12)9-13(17-18)16(19)20/h4-6,9,12H,3,7-8H2,1-2H3,(H,19,20). The topological polar surface area (TPSA) is 55.1 Å². The highest BCUT2D eigenvalue weighted by atomic mass is 16.4. The number of aryl methyl sites for hydroxylation is 2. The van der Waals surface area contributed by atoms with Crippen LogP contribution in [0.4, 0.5) is 0 Å². The Morgan fingerprint density at radius 3 is 2.80 bits per heavy atom. The maximum Gasteiger partial charge on any atom is 0.356 e. The second kappa shape index (κ2) is 4.78. The summed E-state index contributed by atoms with van der Waals surface area (Å²) in [6.45, 7) is 4.16. The molecule has 1 saturated carbocycles. The molecule has 3 rings (SSSR count). The normalized spacial score (nSPS) is 14.5. The highest BCUT2D eigenvalue weighted by molar-refractivity contribution is 5.85. The summed E-state index contributed by atoms with van der Waals surface area (Å²) in [5.74, 6) is -0.503. The highest BCUT2D eigenvalue weighted by Gasteiger charge is 2.30. The van der Waals surface area contributed by atoms with Gasteiger partial charge in [0.25, 0.3) is 0 Å². The molecule has 1 aromatic heterocycles. The van der Waals surface area contributed by atoms with Gasteiger partial charge >= 0.3 is 5.97 Å². The number of aromatic carboxylic acids is 1. The predicted molar refractivity (Wildman–Crippen MR) is 76.6 cm³/mol. The first-order valence-electron chi connectivity index (χ1n) is 7.04. The van der Waals surface area contributed by atoms with Crippen molar-refractivity contribution >= 4 is 5.97 Å². The minimum atomic E-state index is -0.961. The monoisotopic (exact) mass is 270 g/mol. The third kappa shape index (κ3) is 2.11. The van der Waals surface area contributed by atoms with Gasteiger partial charge in [-0.05, 0) is 43.4 Å². The smallest absolute Gasteiger partial charge is 0.356 e. The lowest BCUT2D eigenvalue weighted by molar-refractivity contribution is 0.0690.